The van der Waals surface area contributed by atoms with Crippen LogP contribution in [-0.2, 0) is 0 Å². The van der Waals surface area contributed by atoms with Gasteiger partial charge >= 0.3 is 0 Å². The molecule has 0 unspecified atom stereocenters. The van der Waals surface area contributed by atoms with Crippen LogP contribution in [0.25, 0.3) is 11.4 Å². The zero-order chi connectivity index (χ0) is 14.0. The number of hydrogen-bond acceptors (Lipinski definition) is 4. The standard InChI is InChI=1S/C13H17N3O2S/c1-8(2)16-12(14-15-13(16)19)9-5-6-10(17-3)11(7-9)18-4/h5-8H,1-4H3,(H,15,19). The van der Waals surface area contributed by atoms with Gasteiger partial charge in [0.25, 0.3) is 0 Å². The van der Waals surface area contributed by atoms with Crippen molar-refractivity contribution in [3.8, 4) is 22.9 Å². The zero-order valence-electron chi connectivity index (χ0n) is 11.4. The van der Waals surface area contributed by atoms with Crippen molar-refractivity contribution in [2.45, 2.75) is 19.9 Å². The van der Waals surface area contributed by atoms with E-state index in [4.69, 9.17) is 21.7 Å². The summed E-state index contributed by atoms with van der Waals surface area (Å²) in [6.07, 6.45) is 0. The summed E-state index contributed by atoms with van der Waals surface area (Å²) in [4.78, 5) is 0. The van der Waals surface area contributed by atoms with Crippen molar-refractivity contribution in [1.82, 2.24) is 14.8 Å². The number of aromatic amines is 1. The molecule has 0 saturated heterocycles. The van der Waals surface area contributed by atoms with E-state index in [1.54, 1.807) is 14.2 Å². The van der Waals surface area contributed by atoms with E-state index in [2.05, 4.69) is 24.0 Å². The number of nitrogens with zero attached hydrogens (tertiary/aromatic N) is 2. The summed E-state index contributed by atoms with van der Waals surface area (Å²) >= 11 is 5.25. The molecule has 0 amide bonds. The molecule has 6 heteroatoms. The van der Waals surface area contributed by atoms with Crippen LogP contribution in [0.15, 0.2) is 18.2 Å². The normalized spacial score (nSPS) is 10.8. The van der Waals surface area contributed by atoms with Crippen LogP contribution >= 0.6 is 12.2 Å². The van der Waals surface area contributed by atoms with E-state index in [1.165, 1.54) is 0 Å². The topological polar surface area (TPSA) is 52.1 Å². The number of ether oxygens (including phenoxy) is 2. The van der Waals surface area contributed by atoms with Crippen molar-refractivity contribution in [2.24, 2.45) is 0 Å². The highest BCUT2D eigenvalue weighted by molar-refractivity contribution is 7.71. The Morgan fingerprint density at radius 2 is 1.89 bits per heavy atom. The molecule has 5 nitrogen and oxygen atoms in total. The molecule has 1 aromatic heterocycles. The number of benzene rings is 1. The number of nitrogens with one attached hydrogen (secondary N) is 1. The van der Waals surface area contributed by atoms with Crippen molar-refractivity contribution < 1.29 is 9.47 Å². The van der Waals surface area contributed by atoms with Crippen LogP contribution in [-0.4, -0.2) is 29.0 Å². The summed E-state index contributed by atoms with van der Waals surface area (Å²) in [5.41, 5.74) is 0.929. The first kappa shape index (κ1) is 13.6. The second-order valence-electron chi connectivity index (χ2n) is 4.39. The Morgan fingerprint density at radius 3 is 2.47 bits per heavy atom. The number of rotatable bonds is 4. The molecule has 2 aromatic rings. The van der Waals surface area contributed by atoms with Crippen molar-refractivity contribution in [1.29, 1.82) is 0 Å². The molecule has 0 saturated carbocycles. The number of methoxy groups -OCH3 is 2. The lowest BCUT2D eigenvalue weighted by molar-refractivity contribution is 0.355. The summed E-state index contributed by atoms with van der Waals surface area (Å²) in [6.45, 7) is 4.13. The average molecular weight is 279 g/mol. The lowest BCUT2D eigenvalue weighted by Crippen LogP contribution is -2.03. The monoisotopic (exact) mass is 279 g/mol. The van der Waals surface area contributed by atoms with Gasteiger partial charge in [0, 0.05) is 11.6 Å². The highest BCUT2D eigenvalue weighted by Crippen LogP contribution is 2.32. The second kappa shape index (κ2) is 5.44. The molecule has 102 valence electrons. The first-order chi connectivity index (χ1) is 9.08. The number of hydrogen-bond donors (Lipinski definition) is 1. The Balaban J connectivity index is 2.57. The molecule has 1 N–H and O–H groups in total. The predicted octanol–water partition coefficient (Wildman–Crippen LogP) is 3.21. The molecule has 0 aliphatic heterocycles. The quantitative estimate of drug-likeness (QED) is 0.873. The fourth-order valence-electron chi connectivity index (χ4n) is 1.96. The van der Waals surface area contributed by atoms with E-state index < -0.39 is 0 Å². The number of H-pyrrole nitrogens is 1. The van der Waals surface area contributed by atoms with Gasteiger partial charge in [-0.25, -0.2) is 0 Å². The van der Waals surface area contributed by atoms with E-state index in [1.807, 2.05) is 22.8 Å². The number of aromatic nitrogens is 3. The third kappa shape index (κ3) is 2.49. The van der Waals surface area contributed by atoms with Crippen LogP contribution in [0.3, 0.4) is 0 Å². The van der Waals surface area contributed by atoms with Gasteiger partial charge in [-0.05, 0) is 44.3 Å². The summed E-state index contributed by atoms with van der Waals surface area (Å²) in [6, 6.07) is 5.92. The lowest BCUT2D eigenvalue weighted by Gasteiger charge is -2.12. The second-order valence-corrected chi connectivity index (χ2v) is 4.77. The third-order valence-corrected chi connectivity index (χ3v) is 3.15. The SMILES string of the molecule is COc1ccc(-c2n[nH]c(=S)n2C(C)C)cc1OC. The molecule has 0 spiro atoms. The maximum Gasteiger partial charge on any atom is 0.195 e. The Morgan fingerprint density at radius 1 is 1.21 bits per heavy atom. The predicted molar refractivity (Wildman–Crippen MR) is 76.3 cm³/mol. The van der Waals surface area contributed by atoms with E-state index >= 15 is 0 Å². The van der Waals surface area contributed by atoms with E-state index in [9.17, 15) is 0 Å². The van der Waals surface area contributed by atoms with Gasteiger partial charge in [-0.1, -0.05) is 0 Å². The Labute approximate surface area is 117 Å². The van der Waals surface area contributed by atoms with Gasteiger partial charge in [-0.3, -0.25) is 9.67 Å². The van der Waals surface area contributed by atoms with Crippen molar-refractivity contribution in [2.75, 3.05) is 14.2 Å². The van der Waals surface area contributed by atoms with Crippen molar-refractivity contribution in [3.63, 3.8) is 0 Å². The zero-order valence-corrected chi connectivity index (χ0v) is 12.2. The van der Waals surface area contributed by atoms with Gasteiger partial charge in [0.05, 0.1) is 14.2 Å². The molecule has 0 atom stereocenters. The largest absolute Gasteiger partial charge is 0.493 e. The molecule has 1 aromatic carbocycles. The lowest BCUT2D eigenvalue weighted by atomic mass is 10.2. The molecule has 1 heterocycles. The van der Waals surface area contributed by atoms with Crippen LogP contribution in [0.5, 0.6) is 11.5 Å². The minimum Gasteiger partial charge on any atom is -0.493 e. The molecular formula is C13H17N3O2S. The van der Waals surface area contributed by atoms with Gasteiger partial charge < -0.3 is 9.47 Å². The minimum absolute atomic E-state index is 0.231. The van der Waals surface area contributed by atoms with E-state index in [-0.39, 0.29) is 6.04 Å². The summed E-state index contributed by atoms with van der Waals surface area (Å²) < 4.78 is 13.1. The molecule has 0 fully saturated rings. The maximum atomic E-state index is 5.31. The van der Waals surface area contributed by atoms with E-state index in [0.29, 0.717) is 16.3 Å². The van der Waals surface area contributed by atoms with Crippen LogP contribution in [0.4, 0.5) is 0 Å². The first-order valence-corrected chi connectivity index (χ1v) is 6.38. The Hall–Kier alpha value is -1.82. The highest BCUT2D eigenvalue weighted by atomic mass is 32.1. The molecule has 0 bridgehead atoms. The fourth-order valence-corrected chi connectivity index (χ4v) is 2.31. The van der Waals surface area contributed by atoms with Gasteiger partial charge in [-0.15, -0.1) is 0 Å². The minimum atomic E-state index is 0.231. The average Bonchev–Trinajstić information content (AvgIpc) is 2.79. The van der Waals surface area contributed by atoms with Gasteiger partial charge in [0.2, 0.25) is 0 Å². The molecule has 0 aliphatic carbocycles. The van der Waals surface area contributed by atoms with Crippen LogP contribution < -0.4 is 9.47 Å². The molecule has 2 rings (SSSR count). The van der Waals surface area contributed by atoms with Crippen LogP contribution in [0.2, 0.25) is 0 Å². The molecule has 19 heavy (non-hydrogen) atoms. The molecular weight excluding hydrogens is 262 g/mol. The van der Waals surface area contributed by atoms with E-state index in [0.717, 1.165) is 11.4 Å². The van der Waals surface area contributed by atoms with Gasteiger partial charge in [0.1, 0.15) is 0 Å². The maximum absolute atomic E-state index is 5.31. The smallest absolute Gasteiger partial charge is 0.195 e. The summed E-state index contributed by atoms with van der Waals surface area (Å²) in [5.74, 6) is 2.15. The van der Waals surface area contributed by atoms with Crippen molar-refractivity contribution >= 4 is 12.2 Å². The molecule has 0 aliphatic rings. The van der Waals surface area contributed by atoms with Crippen molar-refractivity contribution in [3.05, 3.63) is 23.0 Å². The van der Waals surface area contributed by atoms with Crippen LogP contribution in [0, 0.1) is 4.77 Å². The Kier molecular flexibility index (Phi) is 3.90. The fraction of sp³-hybridized carbons (Fsp3) is 0.385. The van der Waals surface area contributed by atoms with Crippen LogP contribution in [0.1, 0.15) is 19.9 Å². The molecule has 0 radical (unpaired) electrons. The summed E-state index contributed by atoms with van der Waals surface area (Å²) in [7, 11) is 3.23. The Bertz CT molecular complexity index is 631. The van der Waals surface area contributed by atoms with Gasteiger partial charge in [-0.2, -0.15) is 5.10 Å². The third-order valence-electron chi connectivity index (χ3n) is 2.86. The highest BCUT2D eigenvalue weighted by Gasteiger charge is 2.13. The first-order valence-electron chi connectivity index (χ1n) is 5.97. The summed E-state index contributed by atoms with van der Waals surface area (Å²) in [5, 5.41) is 7.11. The van der Waals surface area contributed by atoms with Gasteiger partial charge in [0.15, 0.2) is 22.1 Å².